The van der Waals surface area contributed by atoms with Crippen molar-refractivity contribution in [1.82, 2.24) is 20.2 Å². The number of alkyl halides is 2. The van der Waals surface area contributed by atoms with Gasteiger partial charge in [-0.2, -0.15) is 8.78 Å². The fourth-order valence-electron chi connectivity index (χ4n) is 5.20. The second kappa shape index (κ2) is 16.9. The molecule has 0 spiro atoms. The number of hydrogen-bond donors (Lipinski definition) is 4. The van der Waals surface area contributed by atoms with E-state index in [1.807, 2.05) is 6.07 Å². The molecule has 0 aliphatic heterocycles. The van der Waals surface area contributed by atoms with Crippen LogP contribution in [-0.2, 0) is 40.4 Å². The molecule has 0 saturated heterocycles. The van der Waals surface area contributed by atoms with Crippen LogP contribution in [0, 0.1) is 0 Å². The first-order valence-electron chi connectivity index (χ1n) is 16.0. The van der Waals surface area contributed by atoms with Crippen molar-refractivity contribution < 1.29 is 33.0 Å². The standard InChI is InChI=1S/C38H35F2N5O6/c39-38(40,36(49)42-22-27-15-7-2-8-16-27)33(47)30(21-26-13-5-1-6-14-26)43-32(46)24-45-34(29-19-11-4-12-20-29)41-23-31(35(45)48)44-37(50)51-25-28-17-9-3-10-18-28/h1-20,23,30,33,47H,21-22,24-25H2,(H,42,49)(H,43,46)(H,44,50). The van der Waals surface area contributed by atoms with E-state index in [1.165, 1.54) is 0 Å². The Hall–Kier alpha value is -6.21. The van der Waals surface area contributed by atoms with Gasteiger partial charge >= 0.3 is 12.0 Å². The molecule has 51 heavy (non-hydrogen) atoms. The Morgan fingerprint density at radius 1 is 0.804 bits per heavy atom. The van der Waals surface area contributed by atoms with Crippen LogP contribution in [0.2, 0.25) is 0 Å². The summed E-state index contributed by atoms with van der Waals surface area (Å²) in [6.45, 7) is -1.02. The zero-order chi connectivity index (χ0) is 36.2. The van der Waals surface area contributed by atoms with Crippen LogP contribution in [0.1, 0.15) is 16.7 Å². The van der Waals surface area contributed by atoms with Gasteiger partial charge < -0.3 is 20.5 Å². The molecule has 262 valence electrons. The van der Waals surface area contributed by atoms with Gasteiger partial charge in [0.15, 0.2) is 0 Å². The van der Waals surface area contributed by atoms with Crippen molar-refractivity contribution in [2.75, 3.05) is 5.32 Å². The summed E-state index contributed by atoms with van der Waals surface area (Å²) in [5.74, 6) is -6.94. The van der Waals surface area contributed by atoms with E-state index in [-0.39, 0.29) is 31.1 Å². The molecule has 0 aliphatic carbocycles. The van der Waals surface area contributed by atoms with Crippen molar-refractivity contribution in [2.24, 2.45) is 0 Å². The van der Waals surface area contributed by atoms with Gasteiger partial charge in [-0.1, -0.05) is 121 Å². The zero-order valence-corrected chi connectivity index (χ0v) is 27.2. The van der Waals surface area contributed by atoms with E-state index in [9.17, 15) is 24.3 Å². The lowest BCUT2D eigenvalue weighted by molar-refractivity contribution is -0.168. The Labute approximate surface area is 291 Å². The number of halogens is 2. The highest BCUT2D eigenvalue weighted by Crippen LogP contribution is 2.24. The number of nitrogens with zero attached hydrogens (tertiary/aromatic N) is 2. The number of aromatic nitrogens is 2. The van der Waals surface area contributed by atoms with Gasteiger partial charge in [-0.15, -0.1) is 0 Å². The van der Waals surface area contributed by atoms with Gasteiger partial charge in [0.05, 0.1) is 12.2 Å². The molecule has 2 unspecified atom stereocenters. The normalized spacial score (nSPS) is 12.3. The molecule has 0 bridgehead atoms. The SMILES string of the molecule is O=C(Cn1c(-c2ccccc2)ncc(NC(=O)OCc2ccccc2)c1=O)NC(Cc1ccccc1)C(O)C(F)(F)C(=O)NCc1ccccc1. The maximum atomic E-state index is 15.5. The first-order valence-corrected chi connectivity index (χ1v) is 16.0. The summed E-state index contributed by atoms with van der Waals surface area (Å²) in [7, 11) is 0. The molecule has 4 aromatic carbocycles. The molecule has 5 rings (SSSR count). The third-order valence-corrected chi connectivity index (χ3v) is 7.83. The number of aliphatic hydroxyl groups is 1. The molecule has 0 aliphatic rings. The van der Waals surface area contributed by atoms with Crippen LogP contribution in [0.3, 0.4) is 0 Å². The Morgan fingerprint density at radius 3 is 1.96 bits per heavy atom. The summed E-state index contributed by atoms with van der Waals surface area (Å²) in [4.78, 5) is 56.9. The second-order valence-electron chi connectivity index (χ2n) is 11.5. The summed E-state index contributed by atoms with van der Waals surface area (Å²) in [6, 6.07) is 32.3. The van der Waals surface area contributed by atoms with Crippen LogP contribution in [0.4, 0.5) is 19.3 Å². The minimum Gasteiger partial charge on any atom is -0.444 e. The lowest BCUT2D eigenvalue weighted by Gasteiger charge is -2.30. The van der Waals surface area contributed by atoms with Gasteiger partial charge in [0, 0.05) is 12.1 Å². The molecule has 1 heterocycles. The number of nitrogens with one attached hydrogen (secondary N) is 3. The molecular formula is C38H35F2N5O6. The number of hydrogen-bond acceptors (Lipinski definition) is 7. The van der Waals surface area contributed by atoms with Crippen LogP contribution in [0.25, 0.3) is 11.4 Å². The third-order valence-electron chi connectivity index (χ3n) is 7.83. The van der Waals surface area contributed by atoms with Crippen LogP contribution < -0.4 is 21.5 Å². The zero-order valence-electron chi connectivity index (χ0n) is 27.2. The van der Waals surface area contributed by atoms with Crippen molar-refractivity contribution in [1.29, 1.82) is 0 Å². The summed E-state index contributed by atoms with van der Waals surface area (Å²) >= 11 is 0. The minimum atomic E-state index is -4.32. The number of carbonyl (C=O) groups is 3. The maximum Gasteiger partial charge on any atom is 0.412 e. The molecule has 13 heteroatoms. The van der Waals surface area contributed by atoms with Gasteiger partial charge in [-0.05, 0) is 23.1 Å². The Kier molecular flexibility index (Phi) is 12.0. The van der Waals surface area contributed by atoms with Crippen LogP contribution in [0.15, 0.2) is 132 Å². The Bertz CT molecular complexity index is 1980. The summed E-state index contributed by atoms with van der Waals surface area (Å²) in [5, 5.41) is 17.9. The number of benzene rings is 4. The number of ether oxygens (including phenoxy) is 1. The largest absolute Gasteiger partial charge is 0.444 e. The summed E-state index contributed by atoms with van der Waals surface area (Å²) < 4.78 is 37.2. The van der Waals surface area contributed by atoms with Crippen LogP contribution in [-0.4, -0.2) is 50.6 Å². The minimum absolute atomic E-state index is 0.0460. The van der Waals surface area contributed by atoms with Gasteiger partial charge in [-0.25, -0.2) is 9.78 Å². The molecule has 0 radical (unpaired) electrons. The highest BCUT2D eigenvalue weighted by molar-refractivity contribution is 5.85. The van der Waals surface area contributed by atoms with E-state index >= 15 is 8.78 Å². The maximum absolute atomic E-state index is 15.5. The number of rotatable bonds is 14. The summed E-state index contributed by atoms with van der Waals surface area (Å²) in [6.07, 6.45) is -2.75. The van der Waals surface area contributed by atoms with Crippen molar-refractivity contribution in [2.45, 2.75) is 44.2 Å². The predicted octanol–water partition coefficient (Wildman–Crippen LogP) is 4.70. The van der Waals surface area contributed by atoms with E-state index < -0.39 is 48.1 Å². The van der Waals surface area contributed by atoms with E-state index in [0.717, 1.165) is 10.8 Å². The highest BCUT2D eigenvalue weighted by Gasteiger charge is 2.50. The quantitative estimate of drug-likeness (QED) is 0.132. The molecule has 2 atom stereocenters. The first-order chi connectivity index (χ1) is 24.6. The number of aliphatic hydroxyl groups excluding tert-OH is 1. The summed E-state index contributed by atoms with van der Waals surface area (Å²) in [5.41, 5.74) is 1.09. The molecule has 0 fully saturated rings. The fraction of sp³-hybridized carbons (Fsp3) is 0.184. The average molecular weight is 696 g/mol. The molecule has 0 saturated carbocycles. The van der Waals surface area contributed by atoms with E-state index in [0.29, 0.717) is 22.3 Å². The molecule has 1 aromatic heterocycles. The fourth-order valence-corrected chi connectivity index (χ4v) is 5.20. The Balaban J connectivity index is 1.37. The van der Waals surface area contributed by atoms with Gasteiger partial charge in [-0.3, -0.25) is 24.3 Å². The van der Waals surface area contributed by atoms with Crippen LogP contribution in [0.5, 0.6) is 0 Å². The third kappa shape index (κ3) is 9.70. The topological polar surface area (TPSA) is 152 Å². The monoisotopic (exact) mass is 695 g/mol. The van der Waals surface area contributed by atoms with E-state index in [2.05, 4.69) is 20.9 Å². The smallest absolute Gasteiger partial charge is 0.412 e. The van der Waals surface area contributed by atoms with E-state index in [1.54, 1.807) is 115 Å². The van der Waals surface area contributed by atoms with Gasteiger partial charge in [0.2, 0.25) is 5.91 Å². The van der Waals surface area contributed by atoms with Crippen molar-refractivity contribution in [3.05, 3.63) is 155 Å². The Morgan fingerprint density at radius 2 is 1.35 bits per heavy atom. The lowest BCUT2D eigenvalue weighted by Crippen LogP contribution is -2.58. The first kappa shape index (κ1) is 36.1. The molecule has 11 nitrogen and oxygen atoms in total. The second-order valence-corrected chi connectivity index (χ2v) is 11.5. The van der Waals surface area contributed by atoms with Crippen molar-refractivity contribution in [3.8, 4) is 11.4 Å². The highest BCUT2D eigenvalue weighted by atomic mass is 19.3. The number of amides is 3. The number of carbonyl (C=O) groups excluding carboxylic acids is 3. The van der Waals surface area contributed by atoms with Crippen molar-refractivity contribution >= 4 is 23.6 Å². The van der Waals surface area contributed by atoms with Gasteiger partial charge in [0.1, 0.15) is 30.8 Å². The van der Waals surface area contributed by atoms with Gasteiger partial charge in [0.25, 0.3) is 11.5 Å². The number of anilines is 1. The lowest BCUT2D eigenvalue weighted by atomic mass is 9.96. The molecule has 3 amide bonds. The van der Waals surface area contributed by atoms with Crippen LogP contribution >= 0.6 is 0 Å². The molecule has 4 N–H and O–H groups in total. The van der Waals surface area contributed by atoms with Crippen molar-refractivity contribution in [3.63, 3.8) is 0 Å². The van der Waals surface area contributed by atoms with E-state index in [4.69, 9.17) is 4.74 Å². The predicted molar refractivity (Wildman–Crippen MR) is 186 cm³/mol. The average Bonchev–Trinajstić information content (AvgIpc) is 3.15. The molecular weight excluding hydrogens is 660 g/mol. The molecule has 5 aromatic rings.